The molecule has 0 saturated carbocycles. The van der Waals surface area contributed by atoms with Crippen molar-refractivity contribution in [1.29, 1.82) is 0 Å². The molecule has 0 spiro atoms. The van der Waals surface area contributed by atoms with Crippen molar-refractivity contribution in [3.8, 4) is 22.3 Å². The van der Waals surface area contributed by atoms with E-state index in [9.17, 15) is 0 Å². The number of nitrogens with zero attached hydrogens (tertiary/aromatic N) is 2. The van der Waals surface area contributed by atoms with Gasteiger partial charge >= 0.3 is 0 Å². The van der Waals surface area contributed by atoms with Crippen molar-refractivity contribution in [1.82, 2.24) is 5.32 Å². The Balaban J connectivity index is 1.18. The van der Waals surface area contributed by atoms with Crippen LogP contribution in [0.4, 0.5) is 0 Å². The summed E-state index contributed by atoms with van der Waals surface area (Å²) in [6.45, 7) is 0. The minimum absolute atomic E-state index is 0.327. The van der Waals surface area contributed by atoms with Gasteiger partial charge in [0, 0.05) is 21.9 Å². The van der Waals surface area contributed by atoms with Crippen molar-refractivity contribution in [2.24, 2.45) is 9.98 Å². The molecule has 1 N–H and O–H groups in total. The monoisotopic (exact) mass is 603 g/mol. The van der Waals surface area contributed by atoms with Gasteiger partial charge in [-0.3, -0.25) is 0 Å². The van der Waals surface area contributed by atoms with Crippen LogP contribution >= 0.6 is 0 Å². The average Bonchev–Trinajstić information content (AvgIpc) is 3.53. The van der Waals surface area contributed by atoms with Gasteiger partial charge < -0.3 is 9.73 Å². The Morgan fingerprint density at radius 1 is 0.489 bits per heavy atom. The van der Waals surface area contributed by atoms with E-state index < -0.39 is 0 Å². The molecule has 4 heteroatoms. The number of aliphatic imine (C=N–C) groups is 2. The highest BCUT2D eigenvalue weighted by Crippen LogP contribution is 2.36. The van der Waals surface area contributed by atoms with Crippen molar-refractivity contribution >= 4 is 44.4 Å². The van der Waals surface area contributed by atoms with E-state index in [1.54, 1.807) is 0 Å². The zero-order chi connectivity index (χ0) is 31.2. The third kappa shape index (κ3) is 4.97. The molecular formula is C43H29N3O. The predicted octanol–water partition coefficient (Wildman–Crippen LogP) is 10.6. The maximum Gasteiger partial charge on any atom is 0.160 e. The van der Waals surface area contributed by atoms with Gasteiger partial charge in [-0.15, -0.1) is 0 Å². The van der Waals surface area contributed by atoms with Gasteiger partial charge in [-0.05, 0) is 62.9 Å². The second kappa shape index (κ2) is 11.3. The molecule has 0 amide bonds. The van der Waals surface area contributed by atoms with Gasteiger partial charge in [0.2, 0.25) is 0 Å². The van der Waals surface area contributed by atoms with Crippen LogP contribution in [0.5, 0.6) is 0 Å². The van der Waals surface area contributed by atoms with E-state index in [1.165, 1.54) is 21.9 Å². The maximum absolute atomic E-state index is 6.45. The molecule has 1 atom stereocenters. The van der Waals surface area contributed by atoms with E-state index in [2.05, 4.69) is 145 Å². The largest absolute Gasteiger partial charge is 0.456 e. The average molecular weight is 604 g/mol. The standard InChI is InChI=1S/C43H29N3O/c1-3-10-28(11-4-1)31-18-21-32(22-19-31)41-44-42(35-23-20-30-14-7-8-15-33(30)26-35)46-43(45-41)37-16-9-17-38-40(37)36-25-24-34(27-39(36)47-38)29-12-5-2-6-13-29/h1-27,41H,(H,44,45,46). The Morgan fingerprint density at radius 3 is 1.94 bits per heavy atom. The van der Waals surface area contributed by atoms with E-state index in [1.807, 2.05) is 24.3 Å². The molecule has 0 aliphatic carbocycles. The molecule has 7 aromatic carbocycles. The molecule has 0 radical (unpaired) electrons. The molecule has 1 aromatic heterocycles. The molecule has 0 fully saturated rings. The third-order valence-corrected chi connectivity index (χ3v) is 8.94. The SMILES string of the molecule is c1ccc(-c2ccc(C3N=C(c4cccc5oc6cc(-c7ccccc7)ccc6c45)N=C(c4ccc5ccccc5c4)N3)cc2)cc1. The van der Waals surface area contributed by atoms with Crippen LogP contribution in [0.25, 0.3) is 55.0 Å². The van der Waals surface area contributed by atoms with Crippen molar-refractivity contribution in [3.63, 3.8) is 0 Å². The smallest absolute Gasteiger partial charge is 0.160 e. The number of hydrogen-bond acceptors (Lipinski definition) is 4. The first-order valence-electron chi connectivity index (χ1n) is 15.9. The molecule has 2 heterocycles. The molecule has 9 rings (SSSR count). The first-order valence-corrected chi connectivity index (χ1v) is 15.9. The number of amidine groups is 2. The fraction of sp³-hybridized carbons (Fsp3) is 0.0233. The highest BCUT2D eigenvalue weighted by Gasteiger charge is 2.24. The highest BCUT2D eigenvalue weighted by molar-refractivity contribution is 6.22. The number of hydrogen-bond donors (Lipinski definition) is 1. The first-order chi connectivity index (χ1) is 23.3. The van der Waals surface area contributed by atoms with Crippen LogP contribution < -0.4 is 5.32 Å². The van der Waals surface area contributed by atoms with Gasteiger partial charge in [-0.25, -0.2) is 9.98 Å². The number of nitrogens with one attached hydrogen (secondary N) is 1. The predicted molar refractivity (Wildman–Crippen MR) is 194 cm³/mol. The normalized spacial score (nSPS) is 14.6. The van der Waals surface area contributed by atoms with Crippen LogP contribution in [0.1, 0.15) is 22.9 Å². The lowest BCUT2D eigenvalue weighted by Crippen LogP contribution is -2.33. The Kier molecular flexibility index (Phi) is 6.50. The fourth-order valence-corrected chi connectivity index (χ4v) is 6.53. The minimum atomic E-state index is -0.327. The highest BCUT2D eigenvalue weighted by atomic mass is 16.3. The van der Waals surface area contributed by atoms with Crippen molar-refractivity contribution in [2.45, 2.75) is 6.17 Å². The minimum Gasteiger partial charge on any atom is -0.456 e. The first kappa shape index (κ1) is 27.1. The van der Waals surface area contributed by atoms with Crippen LogP contribution in [0, 0.1) is 0 Å². The summed E-state index contributed by atoms with van der Waals surface area (Å²) in [6, 6.07) is 56.9. The maximum atomic E-state index is 6.45. The molecule has 1 aliphatic heterocycles. The molecule has 1 unspecified atom stereocenters. The van der Waals surface area contributed by atoms with Gasteiger partial charge in [0.1, 0.15) is 23.2 Å². The van der Waals surface area contributed by atoms with E-state index in [0.717, 1.165) is 55.6 Å². The molecule has 1 aliphatic rings. The Morgan fingerprint density at radius 2 is 1.15 bits per heavy atom. The van der Waals surface area contributed by atoms with Crippen LogP contribution in [-0.4, -0.2) is 11.7 Å². The van der Waals surface area contributed by atoms with Crippen LogP contribution in [0.3, 0.4) is 0 Å². The van der Waals surface area contributed by atoms with Gasteiger partial charge in [0.25, 0.3) is 0 Å². The molecule has 8 aromatic rings. The van der Waals surface area contributed by atoms with Gasteiger partial charge in [0.05, 0.1) is 0 Å². The Bertz CT molecular complexity index is 2480. The zero-order valence-corrected chi connectivity index (χ0v) is 25.5. The lowest BCUT2D eigenvalue weighted by atomic mass is 10.0. The van der Waals surface area contributed by atoms with Crippen molar-refractivity contribution in [3.05, 3.63) is 180 Å². The number of rotatable bonds is 5. The summed E-state index contributed by atoms with van der Waals surface area (Å²) in [7, 11) is 0. The number of furan rings is 1. The van der Waals surface area contributed by atoms with E-state index in [4.69, 9.17) is 14.4 Å². The van der Waals surface area contributed by atoms with E-state index >= 15 is 0 Å². The molecule has 47 heavy (non-hydrogen) atoms. The Hall–Kier alpha value is -6.26. The summed E-state index contributed by atoms with van der Waals surface area (Å²) in [5, 5.41) is 8.07. The van der Waals surface area contributed by atoms with Crippen LogP contribution in [0.15, 0.2) is 178 Å². The summed E-state index contributed by atoms with van der Waals surface area (Å²) in [5.74, 6) is 1.46. The van der Waals surface area contributed by atoms with Gasteiger partial charge in [0.15, 0.2) is 5.84 Å². The Labute approximate surface area is 272 Å². The zero-order valence-electron chi connectivity index (χ0n) is 25.5. The van der Waals surface area contributed by atoms with Crippen molar-refractivity contribution in [2.75, 3.05) is 0 Å². The number of fused-ring (bicyclic) bond motifs is 4. The summed E-state index contributed by atoms with van der Waals surface area (Å²) in [4.78, 5) is 10.4. The van der Waals surface area contributed by atoms with E-state index in [0.29, 0.717) is 5.84 Å². The summed E-state index contributed by atoms with van der Waals surface area (Å²) in [5.41, 5.74) is 9.31. The second-order valence-electron chi connectivity index (χ2n) is 11.9. The molecule has 0 bridgehead atoms. The van der Waals surface area contributed by atoms with Gasteiger partial charge in [-0.2, -0.15) is 0 Å². The van der Waals surface area contributed by atoms with Crippen LogP contribution in [-0.2, 0) is 0 Å². The molecule has 0 saturated heterocycles. The quantitative estimate of drug-likeness (QED) is 0.213. The lowest BCUT2D eigenvalue weighted by molar-refractivity contribution is 0.668. The number of benzene rings is 7. The summed E-state index contributed by atoms with van der Waals surface area (Å²) < 4.78 is 6.45. The summed E-state index contributed by atoms with van der Waals surface area (Å²) >= 11 is 0. The second-order valence-corrected chi connectivity index (χ2v) is 11.9. The fourth-order valence-electron chi connectivity index (χ4n) is 6.53. The summed E-state index contributed by atoms with van der Waals surface area (Å²) in [6.07, 6.45) is -0.327. The topological polar surface area (TPSA) is 49.9 Å². The van der Waals surface area contributed by atoms with Gasteiger partial charge in [-0.1, -0.05) is 140 Å². The molecular weight excluding hydrogens is 574 g/mol. The third-order valence-electron chi connectivity index (χ3n) is 8.94. The van der Waals surface area contributed by atoms with Crippen LogP contribution in [0.2, 0.25) is 0 Å². The molecule has 4 nitrogen and oxygen atoms in total. The van der Waals surface area contributed by atoms with Crippen molar-refractivity contribution < 1.29 is 4.42 Å². The lowest BCUT2D eigenvalue weighted by Gasteiger charge is -2.24. The molecule has 222 valence electrons. The van der Waals surface area contributed by atoms with E-state index in [-0.39, 0.29) is 6.17 Å².